The van der Waals surface area contributed by atoms with Gasteiger partial charge < -0.3 is 0 Å². The van der Waals surface area contributed by atoms with Crippen LogP contribution in [-0.2, 0) is 0 Å². The van der Waals surface area contributed by atoms with E-state index in [0.717, 1.165) is 28.3 Å². The molecular weight excluding hydrogens is 296 g/mol. The van der Waals surface area contributed by atoms with E-state index in [1.807, 2.05) is 65.5 Å². The average molecular weight is 311 g/mol. The third kappa shape index (κ3) is 2.90. The average Bonchev–Trinajstić information content (AvgIpc) is 2.70. The second kappa shape index (κ2) is 6.38. The molecule has 0 unspecified atom stereocenters. The minimum atomic E-state index is 0.868. The fourth-order valence-corrected chi connectivity index (χ4v) is 2.53. The molecular formula is C20H15N4+. The second-order valence-electron chi connectivity index (χ2n) is 5.33. The van der Waals surface area contributed by atoms with Crippen molar-refractivity contribution in [1.29, 1.82) is 0 Å². The topological polar surface area (TPSA) is 42.5 Å². The van der Waals surface area contributed by atoms with Crippen LogP contribution in [0.3, 0.4) is 0 Å². The summed E-state index contributed by atoms with van der Waals surface area (Å²) in [4.78, 5) is 13.2. The molecule has 0 radical (unpaired) electrons. The first-order valence-electron chi connectivity index (χ1n) is 7.71. The van der Waals surface area contributed by atoms with Gasteiger partial charge in [0.1, 0.15) is 12.4 Å². The van der Waals surface area contributed by atoms with Crippen LogP contribution in [0.1, 0.15) is 0 Å². The summed E-state index contributed by atoms with van der Waals surface area (Å²) in [6.07, 6.45) is 9.49. The quantitative estimate of drug-likeness (QED) is 0.544. The Morgan fingerprint density at radius 3 is 2.17 bits per heavy atom. The van der Waals surface area contributed by atoms with E-state index in [1.165, 1.54) is 0 Å². The number of nitrogens with zero attached hydrogens (tertiary/aromatic N) is 4. The molecule has 0 aliphatic heterocycles. The van der Waals surface area contributed by atoms with Gasteiger partial charge in [-0.25, -0.2) is 4.57 Å². The first-order chi connectivity index (χ1) is 11.9. The minimum Gasteiger partial charge on any atom is -0.255 e. The number of hydrogen-bond donors (Lipinski definition) is 0. The van der Waals surface area contributed by atoms with Gasteiger partial charge in [0.15, 0.2) is 0 Å². The smallest absolute Gasteiger partial charge is 0.255 e. The van der Waals surface area contributed by atoms with Gasteiger partial charge in [0.05, 0.1) is 17.6 Å². The molecule has 4 nitrogen and oxygen atoms in total. The molecule has 4 aromatic heterocycles. The SMILES string of the molecule is c1ccc(-c2ccc(-c3ccc[n+](-c4ccccn4)c3)cn2)nc1. The number of rotatable bonds is 3. The molecule has 0 aliphatic carbocycles. The van der Waals surface area contributed by atoms with Crippen molar-refractivity contribution >= 4 is 0 Å². The van der Waals surface area contributed by atoms with E-state index in [-0.39, 0.29) is 0 Å². The lowest BCUT2D eigenvalue weighted by molar-refractivity contribution is -0.599. The van der Waals surface area contributed by atoms with Crippen molar-refractivity contribution in [3.63, 3.8) is 0 Å². The van der Waals surface area contributed by atoms with Crippen LogP contribution in [0, 0.1) is 0 Å². The predicted molar refractivity (Wildman–Crippen MR) is 92.2 cm³/mol. The summed E-state index contributed by atoms with van der Waals surface area (Å²) in [6, 6.07) is 19.8. The Kier molecular flexibility index (Phi) is 3.78. The molecule has 4 rings (SSSR count). The molecule has 0 atom stereocenters. The van der Waals surface area contributed by atoms with E-state index in [2.05, 4.69) is 33.3 Å². The van der Waals surface area contributed by atoms with Crippen LogP contribution >= 0.6 is 0 Å². The first-order valence-corrected chi connectivity index (χ1v) is 7.71. The van der Waals surface area contributed by atoms with Crippen molar-refractivity contribution in [2.24, 2.45) is 0 Å². The van der Waals surface area contributed by atoms with Gasteiger partial charge in [0, 0.05) is 29.6 Å². The number of pyridine rings is 4. The van der Waals surface area contributed by atoms with Crippen molar-refractivity contribution in [2.75, 3.05) is 0 Å². The summed E-state index contributed by atoms with van der Waals surface area (Å²) in [5.74, 6) is 0.886. The minimum absolute atomic E-state index is 0.868. The molecule has 4 heterocycles. The van der Waals surface area contributed by atoms with Gasteiger partial charge in [-0.1, -0.05) is 18.2 Å². The van der Waals surface area contributed by atoms with Gasteiger partial charge in [-0.05, 0) is 41.4 Å². The highest BCUT2D eigenvalue weighted by atomic mass is 15.0. The number of hydrogen-bond acceptors (Lipinski definition) is 3. The molecule has 0 bridgehead atoms. The highest BCUT2D eigenvalue weighted by Crippen LogP contribution is 2.20. The van der Waals surface area contributed by atoms with Crippen molar-refractivity contribution in [3.8, 4) is 28.3 Å². The molecule has 0 fully saturated rings. The second-order valence-corrected chi connectivity index (χ2v) is 5.33. The van der Waals surface area contributed by atoms with Crippen molar-refractivity contribution in [2.45, 2.75) is 0 Å². The maximum atomic E-state index is 4.54. The van der Waals surface area contributed by atoms with Crippen molar-refractivity contribution in [1.82, 2.24) is 15.0 Å². The fraction of sp³-hybridized carbons (Fsp3) is 0. The van der Waals surface area contributed by atoms with Crippen LogP contribution < -0.4 is 4.57 Å². The van der Waals surface area contributed by atoms with Gasteiger partial charge >= 0.3 is 5.82 Å². The van der Waals surface area contributed by atoms with E-state index >= 15 is 0 Å². The normalized spacial score (nSPS) is 10.5. The van der Waals surface area contributed by atoms with Crippen molar-refractivity contribution < 1.29 is 4.57 Å². The monoisotopic (exact) mass is 311 g/mol. The molecule has 0 saturated carbocycles. The van der Waals surface area contributed by atoms with Crippen LogP contribution in [0.2, 0.25) is 0 Å². The molecule has 0 N–H and O–H groups in total. The Morgan fingerprint density at radius 2 is 1.46 bits per heavy atom. The van der Waals surface area contributed by atoms with Crippen molar-refractivity contribution in [3.05, 3.63) is 91.6 Å². The third-order valence-corrected chi connectivity index (χ3v) is 3.74. The zero-order valence-corrected chi connectivity index (χ0v) is 12.9. The third-order valence-electron chi connectivity index (χ3n) is 3.74. The lowest BCUT2D eigenvalue weighted by Gasteiger charge is -2.04. The summed E-state index contributed by atoms with van der Waals surface area (Å²) in [6.45, 7) is 0. The lowest BCUT2D eigenvalue weighted by atomic mass is 10.1. The summed E-state index contributed by atoms with van der Waals surface area (Å²) in [5.41, 5.74) is 3.89. The molecule has 0 amide bonds. The van der Waals surface area contributed by atoms with E-state index < -0.39 is 0 Å². The van der Waals surface area contributed by atoms with E-state index in [0.29, 0.717) is 0 Å². The molecule has 114 valence electrons. The van der Waals surface area contributed by atoms with Gasteiger partial charge in [-0.2, -0.15) is 0 Å². The van der Waals surface area contributed by atoms with Gasteiger partial charge in [0.2, 0.25) is 0 Å². The lowest BCUT2D eigenvalue weighted by Crippen LogP contribution is -2.30. The van der Waals surface area contributed by atoms with Crippen LogP contribution in [0.15, 0.2) is 91.6 Å². The predicted octanol–water partition coefficient (Wildman–Crippen LogP) is 3.48. The highest BCUT2D eigenvalue weighted by molar-refractivity contribution is 5.64. The van der Waals surface area contributed by atoms with E-state index in [1.54, 1.807) is 12.4 Å². The van der Waals surface area contributed by atoms with Gasteiger partial charge in [-0.3, -0.25) is 9.97 Å². The standard InChI is InChI=1S/C20H15N4/c1-3-11-21-18(7-1)19-10-9-16(14-23-19)17-6-5-13-24(15-17)20-8-2-4-12-22-20/h1-15H/q+1. The van der Waals surface area contributed by atoms with Gasteiger partial charge in [-0.15, -0.1) is 0 Å². The Bertz CT molecular complexity index is 936. The molecule has 24 heavy (non-hydrogen) atoms. The van der Waals surface area contributed by atoms with Crippen LogP contribution in [0.25, 0.3) is 28.3 Å². The Balaban J connectivity index is 1.67. The summed E-state index contributed by atoms with van der Waals surface area (Å²) < 4.78 is 2.00. The summed E-state index contributed by atoms with van der Waals surface area (Å²) in [5, 5.41) is 0. The fourth-order valence-electron chi connectivity index (χ4n) is 2.53. The Labute approximate surface area is 140 Å². The molecule has 0 aromatic carbocycles. The Hall–Kier alpha value is -3.40. The zero-order valence-electron chi connectivity index (χ0n) is 12.9. The largest absolute Gasteiger partial charge is 0.327 e. The van der Waals surface area contributed by atoms with Crippen LogP contribution in [-0.4, -0.2) is 15.0 Å². The van der Waals surface area contributed by atoms with E-state index in [9.17, 15) is 0 Å². The zero-order chi connectivity index (χ0) is 16.2. The van der Waals surface area contributed by atoms with Crippen LogP contribution in [0.4, 0.5) is 0 Å². The Morgan fingerprint density at radius 1 is 0.625 bits per heavy atom. The summed E-state index contributed by atoms with van der Waals surface area (Å²) >= 11 is 0. The van der Waals surface area contributed by atoms with E-state index in [4.69, 9.17) is 0 Å². The maximum absolute atomic E-state index is 4.54. The maximum Gasteiger partial charge on any atom is 0.327 e. The van der Waals surface area contributed by atoms with Gasteiger partial charge in [0.25, 0.3) is 0 Å². The van der Waals surface area contributed by atoms with Crippen LogP contribution in [0.5, 0.6) is 0 Å². The molecule has 0 aliphatic rings. The molecule has 0 saturated heterocycles. The molecule has 4 aromatic rings. The summed E-state index contributed by atoms with van der Waals surface area (Å²) in [7, 11) is 0. The first kappa shape index (κ1) is 14.2. The molecule has 4 heteroatoms. The number of aromatic nitrogens is 4. The molecule has 0 spiro atoms. The highest BCUT2D eigenvalue weighted by Gasteiger charge is 2.08.